The van der Waals surface area contributed by atoms with Crippen LogP contribution in [0.3, 0.4) is 0 Å². The van der Waals surface area contributed by atoms with Crippen LogP contribution in [0.5, 0.6) is 11.5 Å². The first-order chi connectivity index (χ1) is 8.28. The van der Waals surface area contributed by atoms with Gasteiger partial charge in [0.15, 0.2) is 11.5 Å². The molecule has 3 rings (SSSR count). The molecule has 2 aliphatic rings. The number of methoxy groups -OCH3 is 1. The molecule has 0 heterocycles. The molecule has 2 aliphatic carbocycles. The second-order valence-electron chi connectivity index (χ2n) is 4.88. The lowest BCUT2D eigenvalue weighted by molar-refractivity contribution is -0.135. The number of carbonyl (C=O) groups is 1. The van der Waals surface area contributed by atoms with Gasteiger partial charge in [-0.05, 0) is 49.3 Å². The normalized spacial score (nSPS) is 18.9. The first-order valence-corrected chi connectivity index (χ1v) is 6.17. The molecule has 3 nitrogen and oxygen atoms in total. The smallest absolute Gasteiger partial charge is 0.314 e. The van der Waals surface area contributed by atoms with Gasteiger partial charge < -0.3 is 9.47 Å². The van der Waals surface area contributed by atoms with E-state index >= 15 is 0 Å². The molecule has 0 atom stereocenters. The highest BCUT2D eigenvalue weighted by Crippen LogP contribution is 2.43. The molecule has 2 saturated carbocycles. The summed E-state index contributed by atoms with van der Waals surface area (Å²) in [5.74, 6) is 1.87. The Balaban J connectivity index is 1.82. The minimum Gasteiger partial charge on any atom is -0.493 e. The van der Waals surface area contributed by atoms with Crippen LogP contribution >= 0.6 is 0 Å². The van der Waals surface area contributed by atoms with E-state index in [0.29, 0.717) is 17.4 Å². The van der Waals surface area contributed by atoms with Gasteiger partial charge in [0.2, 0.25) is 0 Å². The van der Waals surface area contributed by atoms with Gasteiger partial charge >= 0.3 is 5.97 Å². The maximum Gasteiger partial charge on any atom is 0.314 e. The van der Waals surface area contributed by atoms with Crippen LogP contribution in [-0.4, -0.2) is 13.1 Å². The Morgan fingerprint density at radius 1 is 1.18 bits per heavy atom. The van der Waals surface area contributed by atoms with E-state index in [1.807, 2.05) is 12.1 Å². The zero-order valence-electron chi connectivity index (χ0n) is 9.94. The molecule has 0 amide bonds. The summed E-state index contributed by atoms with van der Waals surface area (Å²) in [4.78, 5) is 11.7. The Kier molecular flexibility index (Phi) is 2.54. The van der Waals surface area contributed by atoms with Crippen LogP contribution in [0.15, 0.2) is 18.2 Å². The molecular formula is C14H16O3. The third-order valence-corrected chi connectivity index (χ3v) is 3.36. The fraction of sp³-hybridized carbons (Fsp3) is 0.500. The first-order valence-electron chi connectivity index (χ1n) is 6.17. The lowest BCUT2D eigenvalue weighted by Crippen LogP contribution is -2.10. The number of esters is 1. The Morgan fingerprint density at radius 3 is 2.53 bits per heavy atom. The highest BCUT2D eigenvalue weighted by molar-refractivity contribution is 5.78. The van der Waals surface area contributed by atoms with Crippen molar-refractivity contribution in [3.8, 4) is 11.5 Å². The van der Waals surface area contributed by atoms with Crippen molar-refractivity contribution < 1.29 is 14.3 Å². The van der Waals surface area contributed by atoms with Crippen molar-refractivity contribution in [3.05, 3.63) is 23.8 Å². The molecule has 3 heteroatoms. The fourth-order valence-corrected chi connectivity index (χ4v) is 1.95. The van der Waals surface area contributed by atoms with E-state index in [9.17, 15) is 4.79 Å². The monoisotopic (exact) mass is 232 g/mol. The van der Waals surface area contributed by atoms with Gasteiger partial charge in [-0.25, -0.2) is 0 Å². The lowest BCUT2D eigenvalue weighted by Gasteiger charge is -2.10. The van der Waals surface area contributed by atoms with E-state index in [4.69, 9.17) is 9.47 Å². The minimum absolute atomic E-state index is 0.115. The Morgan fingerprint density at radius 2 is 1.94 bits per heavy atom. The number of hydrogen-bond acceptors (Lipinski definition) is 3. The van der Waals surface area contributed by atoms with Crippen molar-refractivity contribution in [3.63, 3.8) is 0 Å². The summed E-state index contributed by atoms with van der Waals surface area (Å²) in [5, 5.41) is 0. The molecule has 0 aromatic heterocycles. The molecule has 1 aromatic carbocycles. The molecule has 0 bridgehead atoms. The molecule has 90 valence electrons. The number of ether oxygens (including phenoxy) is 2. The molecule has 0 N–H and O–H groups in total. The molecule has 1 aromatic rings. The van der Waals surface area contributed by atoms with Crippen molar-refractivity contribution in [2.24, 2.45) is 5.92 Å². The predicted octanol–water partition coefficient (Wildman–Crippen LogP) is 2.89. The molecule has 0 unspecified atom stereocenters. The van der Waals surface area contributed by atoms with Crippen LogP contribution in [0.2, 0.25) is 0 Å². The molecule has 0 spiro atoms. The molecule has 0 saturated heterocycles. The fourth-order valence-electron chi connectivity index (χ4n) is 1.95. The number of benzene rings is 1. The lowest BCUT2D eigenvalue weighted by atomic mass is 10.1. The van der Waals surface area contributed by atoms with Gasteiger partial charge in [0.1, 0.15) is 0 Å². The maximum atomic E-state index is 11.7. The topological polar surface area (TPSA) is 35.5 Å². The van der Waals surface area contributed by atoms with Crippen molar-refractivity contribution in [2.75, 3.05) is 7.11 Å². The van der Waals surface area contributed by atoms with Gasteiger partial charge in [-0.15, -0.1) is 0 Å². The summed E-state index contributed by atoms with van der Waals surface area (Å²) in [7, 11) is 1.60. The maximum absolute atomic E-state index is 11.7. The predicted molar refractivity (Wildman–Crippen MR) is 63.3 cm³/mol. The highest BCUT2D eigenvalue weighted by atomic mass is 16.6. The minimum atomic E-state index is -0.115. The van der Waals surface area contributed by atoms with Crippen LogP contribution in [0.25, 0.3) is 0 Å². The summed E-state index contributed by atoms with van der Waals surface area (Å²) < 4.78 is 10.6. The largest absolute Gasteiger partial charge is 0.493 e. The van der Waals surface area contributed by atoms with E-state index in [1.54, 1.807) is 7.11 Å². The zero-order chi connectivity index (χ0) is 11.8. The average Bonchev–Trinajstić information content (AvgIpc) is 3.20. The van der Waals surface area contributed by atoms with E-state index in [2.05, 4.69) is 6.07 Å². The van der Waals surface area contributed by atoms with Gasteiger partial charge in [0, 0.05) is 0 Å². The highest BCUT2D eigenvalue weighted by Gasteiger charge is 2.32. The number of rotatable bonds is 4. The summed E-state index contributed by atoms with van der Waals surface area (Å²) in [5.41, 5.74) is 1.25. The van der Waals surface area contributed by atoms with Crippen molar-refractivity contribution in [1.29, 1.82) is 0 Å². The average molecular weight is 232 g/mol. The Bertz CT molecular complexity index is 445. The number of hydrogen-bond donors (Lipinski definition) is 0. The molecular weight excluding hydrogens is 216 g/mol. The molecule has 17 heavy (non-hydrogen) atoms. The van der Waals surface area contributed by atoms with Gasteiger partial charge in [0.05, 0.1) is 13.0 Å². The van der Waals surface area contributed by atoms with Crippen LogP contribution in [0.4, 0.5) is 0 Å². The van der Waals surface area contributed by atoms with Crippen molar-refractivity contribution >= 4 is 5.97 Å². The van der Waals surface area contributed by atoms with Crippen LogP contribution in [-0.2, 0) is 4.79 Å². The number of carbonyl (C=O) groups excluding carboxylic acids is 1. The Hall–Kier alpha value is -1.51. The Labute approximate surface area is 101 Å². The van der Waals surface area contributed by atoms with Crippen LogP contribution < -0.4 is 9.47 Å². The molecule has 0 aliphatic heterocycles. The van der Waals surface area contributed by atoms with E-state index < -0.39 is 0 Å². The summed E-state index contributed by atoms with van der Waals surface area (Å²) in [6.45, 7) is 0. The quantitative estimate of drug-likeness (QED) is 0.591. The summed E-state index contributed by atoms with van der Waals surface area (Å²) >= 11 is 0. The summed E-state index contributed by atoms with van der Waals surface area (Å²) in [6, 6.07) is 5.91. The summed E-state index contributed by atoms with van der Waals surface area (Å²) in [6.07, 6.45) is 4.40. The SMILES string of the molecule is COc1ccc(C2CC2)cc1OC(=O)C1CC1. The van der Waals surface area contributed by atoms with E-state index in [-0.39, 0.29) is 11.9 Å². The second kappa shape index (κ2) is 4.06. The van der Waals surface area contributed by atoms with Gasteiger partial charge in [-0.2, -0.15) is 0 Å². The van der Waals surface area contributed by atoms with Gasteiger partial charge in [-0.1, -0.05) is 6.07 Å². The molecule has 2 fully saturated rings. The van der Waals surface area contributed by atoms with E-state index in [1.165, 1.54) is 18.4 Å². The second-order valence-corrected chi connectivity index (χ2v) is 4.88. The van der Waals surface area contributed by atoms with Crippen molar-refractivity contribution in [1.82, 2.24) is 0 Å². The third-order valence-electron chi connectivity index (χ3n) is 3.36. The zero-order valence-corrected chi connectivity index (χ0v) is 9.94. The van der Waals surface area contributed by atoms with Gasteiger partial charge in [0.25, 0.3) is 0 Å². The third kappa shape index (κ3) is 2.28. The van der Waals surface area contributed by atoms with Crippen LogP contribution in [0, 0.1) is 5.92 Å². The first kappa shape index (κ1) is 10.6. The standard InChI is InChI=1S/C14H16O3/c1-16-12-7-6-11(9-2-3-9)8-13(12)17-14(15)10-4-5-10/h6-10H,2-5H2,1H3. The van der Waals surface area contributed by atoms with E-state index in [0.717, 1.165) is 12.8 Å². The van der Waals surface area contributed by atoms with Gasteiger partial charge in [-0.3, -0.25) is 4.79 Å². The molecule has 0 radical (unpaired) electrons. The van der Waals surface area contributed by atoms with Crippen LogP contribution in [0.1, 0.15) is 37.2 Å². The van der Waals surface area contributed by atoms with Crippen molar-refractivity contribution in [2.45, 2.75) is 31.6 Å².